The van der Waals surface area contributed by atoms with Gasteiger partial charge in [-0.2, -0.15) is 5.26 Å². The second-order valence-electron chi connectivity index (χ2n) is 2.76. The van der Waals surface area contributed by atoms with Crippen molar-refractivity contribution in [3.05, 3.63) is 32.9 Å². The second-order valence-corrected chi connectivity index (χ2v) is 3.84. The third-order valence-corrected chi connectivity index (χ3v) is 2.87. The fourth-order valence-corrected chi connectivity index (χ4v) is 1.77. The zero-order chi connectivity index (χ0) is 10.7. The lowest BCUT2D eigenvalue weighted by atomic mass is 10.1. The van der Waals surface area contributed by atoms with E-state index in [1.807, 2.05) is 6.07 Å². The van der Waals surface area contributed by atoms with Gasteiger partial charge in [0.05, 0.1) is 16.1 Å². The van der Waals surface area contributed by atoms with E-state index in [0.29, 0.717) is 5.56 Å². The molecule has 0 fully saturated rings. The van der Waals surface area contributed by atoms with Crippen LogP contribution in [0.5, 0.6) is 0 Å². The Morgan fingerprint density at radius 3 is 2.71 bits per heavy atom. The van der Waals surface area contributed by atoms with Crippen LogP contribution in [0.15, 0.2) is 12.1 Å². The van der Waals surface area contributed by atoms with Gasteiger partial charge >= 0.3 is 0 Å². The van der Waals surface area contributed by atoms with Crippen LogP contribution in [0.3, 0.4) is 0 Å². The molecule has 2 nitrogen and oxygen atoms in total. The van der Waals surface area contributed by atoms with E-state index in [1.54, 1.807) is 22.6 Å². The Kier molecular flexibility index (Phi) is 3.77. The van der Waals surface area contributed by atoms with Crippen LogP contribution in [0.4, 0.5) is 8.78 Å². The zero-order valence-corrected chi connectivity index (χ0v) is 9.26. The highest BCUT2D eigenvalue weighted by Gasteiger charge is 2.14. The van der Waals surface area contributed by atoms with Crippen molar-refractivity contribution in [2.45, 2.75) is 12.5 Å². The van der Waals surface area contributed by atoms with Crippen LogP contribution in [0.2, 0.25) is 0 Å². The Labute approximate surface area is 93.9 Å². The molecule has 5 heteroatoms. The van der Waals surface area contributed by atoms with Crippen molar-refractivity contribution < 1.29 is 8.78 Å². The fourth-order valence-electron chi connectivity index (χ4n) is 1.05. The summed E-state index contributed by atoms with van der Waals surface area (Å²) in [5.41, 5.74) is 5.92. The van der Waals surface area contributed by atoms with E-state index in [2.05, 4.69) is 0 Å². The summed E-state index contributed by atoms with van der Waals surface area (Å²) in [5, 5.41) is 8.41. The number of nitrogens with zero attached hydrogens (tertiary/aromatic N) is 1. The van der Waals surface area contributed by atoms with Crippen molar-refractivity contribution in [1.82, 2.24) is 0 Å². The van der Waals surface area contributed by atoms with Crippen LogP contribution in [0.25, 0.3) is 0 Å². The van der Waals surface area contributed by atoms with Gasteiger partial charge in [-0.25, -0.2) is 8.78 Å². The van der Waals surface area contributed by atoms with Gasteiger partial charge in [0.1, 0.15) is 11.6 Å². The topological polar surface area (TPSA) is 49.8 Å². The monoisotopic (exact) mass is 308 g/mol. The van der Waals surface area contributed by atoms with Crippen molar-refractivity contribution in [3.63, 3.8) is 0 Å². The third-order valence-electron chi connectivity index (χ3n) is 1.73. The minimum atomic E-state index is -0.675. The van der Waals surface area contributed by atoms with Crippen molar-refractivity contribution in [2.24, 2.45) is 5.73 Å². The predicted octanol–water partition coefficient (Wildman–Crippen LogP) is 2.48. The largest absolute Gasteiger partial charge is 0.323 e. The average Bonchev–Trinajstić information content (AvgIpc) is 2.11. The minimum Gasteiger partial charge on any atom is -0.323 e. The van der Waals surface area contributed by atoms with E-state index < -0.39 is 17.7 Å². The van der Waals surface area contributed by atoms with Gasteiger partial charge in [-0.1, -0.05) is 0 Å². The first-order valence-corrected chi connectivity index (χ1v) is 4.91. The molecule has 0 radical (unpaired) electrons. The predicted molar refractivity (Wildman–Crippen MR) is 56.2 cm³/mol. The standard InChI is InChI=1S/C9H7F2IN2/c10-5-3-6(8(14)1-2-13)9(12)7(11)4-5/h3-4,8H,1,14H2. The third kappa shape index (κ3) is 2.39. The molecular formula is C9H7F2IN2. The first-order chi connectivity index (χ1) is 6.56. The van der Waals surface area contributed by atoms with Gasteiger partial charge in [-0.05, 0) is 34.2 Å². The minimum absolute atomic E-state index is 0.0406. The quantitative estimate of drug-likeness (QED) is 0.674. The van der Waals surface area contributed by atoms with Gasteiger partial charge in [0, 0.05) is 12.1 Å². The van der Waals surface area contributed by atoms with Crippen molar-refractivity contribution >= 4 is 22.6 Å². The second kappa shape index (κ2) is 4.66. The van der Waals surface area contributed by atoms with Crippen LogP contribution in [-0.2, 0) is 0 Å². The summed E-state index contributed by atoms with van der Waals surface area (Å²) in [6.45, 7) is 0. The van der Waals surface area contributed by atoms with Crippen LogP contribution in [0, 0.1) is 26.5 Å². The molecule has 1 rings (SSSR count). The molecular weight excluding hydrogens is 301 g/mol. The van der Waals surface area contributed by atoms with Gasteiger partial charge < -0.3 is 5.73 Å². The summed E-state index contributed by atoms with van der Waals surface area (Å²) in [4.78, 5) is 0. The number of nitriles is 1. The van der Waals surface area contributed by atoms with E-state index in [4.69, 9.17) is 11.0 Å². The Morgan fingerprint density at radius 1 is 1.50 bits per heavy atom. The maximum atomic E-state index is 13.1. The summed E-state index contributed by atoms with van der Waals surface area (Å²) >= 11 is 1.75. The van der Waals surface area contributed by atoms with Crippen molar-refractivity contribution in [3.8, 4) is 6.07 Å². The molecule has 1 aromatic carbocycles. The number of hydrogen-bond donors (Lipinski definition) is 1. The van der Waals surface area contributed by atoms with Gasteiger partial charge in [-0.3, -0.25) is 0 Å². The van der Waals surface area contributed by atoms with Gasteiger partial charge in [0.25, 0.3) is 0 Å². The molecule has 0 aliphatic rings. The van der Waals surface area contributed by atoms with E-state index in [0.717, 1.165) is 12.1 Å². The van der Waals surface area contributed by atoms with E-state index in [9.17, 15) is 8.78 Å². The summed E-state index contributed by atoms with van der Waals surface area (Å²) in [6.07, 6.45) is 0.0406. The SMILES string of the molecule is N#CCC(N)c1cc(F)cc(F)c1I. The van der Waals surface area contributed by atoms with Crippen LogP contribution in [-0.4, -0.2) is 0 Å². The first-order valence-electron chi connectivity index (χ1n) is 3.83. The average molecular weight is 308 g/mol. The van der Waals surface area contributed by atoms with Crippen LogP contribution in [0.1, 0.15) is 18.0 Å². The number of hydrogen-bond acceptors (Lipinski definition) is 2. The van der Waals surface area contributed by atoms with Crippen LogP contribution >= 0.6 is 22.6 Å². The van der Waals surface area contributed by atoms with Crippen molar-refractivity contribution in [1.29, 1.82) is 5.26 Å². The molecule has 0 aromatic heterocycles. The molecule has 74 valence electrons. The molecule has 0 heterocycles. The lowest BCUT2D eigenvalue weighted by Crippen LogP contribution is -2.12. The highest BCUT2D eigenvalue weighted by molar-refractivity contribution is 14.1. The Balaban J connectivity index is 3.14. The Morgan fingerprint density at radius 2 is 2.14 bits per heavy atom. The Bertz CT molecular complexity index is 387. The molecule has 1 aromatic rings. The maximum Gasteiger partial charge on any atom is 0.139 e. The molecule has 0 spiro atoms. The normalized spacial score (nSPS) is 12.2. The lowest BCUT2D eigenvalue weighted by molar-refractivity contribution is 0.567. The molecule has 0 saturated heterocycles. The summed E-state index contributed by atoms with van der Waals surface area (Å²) < 4.78 is 26.2. The highest BCUT2D eigenvalue weighted by Crippen LogP contribution is 2.24. The van der Waals surface area contributed by atoms with E-state index in [1.165, 1.54) is 0 Å². The van der Waals surface area contributed by atoms with Gasteiger partial charge in [0.15, 0.2) is 0 Å². The van der Waals surface area contributed by atoms with E-state index >= 15 is 0 Å². The van der Waals surface area contributed by atoms with E-state index in [-0.39, 0.29) is 9.99 Å². The molecule has 0 aliphatic heterocycles. The molecule has 1 atom stereocenters. The number of halogens is 3. The molecule has 0 saturated carbocycles. The summed E-state index contributed by atoms with van der Waals surface area (Å²) in [7, 11) is 0. The number of rotatable bonds is 2. The summed E-state index contributed by atoms with van der Waals surface area (Å²) in [5.74, 6) is -1.32. The maximum absolute atomic E-state index is 13.1. The molecule has 1 unspecified atom stereocenters. The molecule has 0 aliphatic carbocycles. The first kappa shape index (κ1) is 11.3. The number of benzene rings is 1. The van der Waals surface area contributed by atoms with Gasteiger partial charge in [0.2, 0.25) is 0 Å². The fraction of sp³-hybridized carbons (Fsp3) is 0.222. The molecule has 2 N–H and O–H groups in total. The molecule has 0 bridgehead atoms. The van der Waals surface area contributed by atoms with Crippen LogP contribution < -0.4 is 5.73 Å². The smallest absolute Gasteiger partial charge is 0.139 e. The van der Waals surface area contributed by atoms with Gasteiger partial charge in [-0.15, -0.1) is 0 Å². The Hall–Kier alpha value is -0.740. The summed E-state index contributed by atoms with van der Waals surface area (Å²) in [6, 6.07) is 3.17. The molecule has 0 amide bonds. The lowest BCUT2D eigenvalue weighted by Gasteiger charge is -2.10. The molecule has 14 heavy (non-hydrogen) atoms. The van der Waals surface area contributed by atoms with Crippen molar-refractivity contribution in [2.75, 3.05) is 0 Å². The number of nitrogens with two attached hydrogens (primary N) is 1. The zero-order valence-electron chi connectivity index (χ0n) is 7.10. The highest BCUT2D eigenvalue weighted by atomic mass is 127.